The van der Waals surface area contributed by atoms with E-state index in [2.05, 4.69) is 75.5 Å². The monoisotopic (exact) mass is 363 g/mol. The normalized spacial score (nSPS) is 10.8. The van der Waals surface area contributed by atoms with Crippen LogP contribution in [0.2, 0.25) is 0 Å². The lowest BCUT2D eigenvalue weighted by atomic mass is 10.2. The molecule has 3 nitrogen and oxygen atoms in total. The van der Waals surface area contributed by atoms with Crippen molar-refractivity contribution in [1.82, 2.24) is 9.78 Å². The first-order chi connectivity index (χ1) is 9.24. The largest absolute Gasteiger partial charge is 0.379 e. The highest BCUT2D eigenvalue weighted by atomic mass is 127. The summed E-state index contributed by atoms with van der Waals surface area (Å²) in [6, 6.07) is 16.7. The van der Waals surface area contributed by atoms with Gasteiger partial charge < -0.3 is 5.32 Å². The molecule has 1 N–H and O–H groups in total. The second-order valence-corrected chi connectivity index (χ2v) is 5.70. The molecular weight excluding hydrogens is 349 g/mol. The van der Waals surface area contributed by atoms with Gasteiger partial charge >= 0.3 is 0 Å². The summed E-state index contributed by atoms with van der Waals surface area (Å²) in [5, 5.41) is 9.22. The van der Waals surface area contributed by atoms with Crippen LogP contribution in [0.15, 0.2) is 48.5 Å². The summed E-state index contributed by atoms with van der Waals surface area (Å²) in [4.78, 5) is 0. The fraction of sp³-hybridized carbons (Fsp3) is 0.133. The van der Waals surface area contributed by atoms with Gasteiger partial charge in [-0.3, -0.25) is 4.68 Å². The molecule has 0 bridgehead atoms. The van der Waals surface area contributed by atoms with Crippen LogP contribution < -0.4 is 5.32 Å². The van der Waals surface area contributed by atoms with E-state index in [1.165, 1.54) is 14.5 Å². The van der Waals surface area contributed by atoms with E-state index >= 15 is 0 Å². The molecule has 1 aromatic heterocycles. The Bertz CT molecular complexity index is 718. The Morgan fingerprint density at radius 3 is 2.84 bits per heavy atom. The Kier molecular flexibility index (Phi) is 3.42. The van der Waals surface area contributed by atoms with Gasteiger partial charge in [-0.1, -0.05) is 24.3 Å². The van der Waals surface area contributed by atoms with E-state index in [4.69, 9.17) is 0 Å². The predicted molar refractivity (Wildman–Crippen MR) is 87.2 cm³/mol. The lowest BCUT2D eigenvalue weighted by molar-refractivity contribution is 0.771. The molecule has 0 aliphatic heterocycles. The van der Waals surface area contributed by atoms with E-state index in [0.717, 1.165) is 17.9 Å². The minimum absolute atomic E-state index is 0.738. The van der Waals surface area contributed by atoms with Crippen LogP contribution in [-0.4, -0.2) is 9.78 Å². The molecule has 96 valence electrons. The Labute approximate surface area is 125 Å². The molecule has 0 aliphatic carbocycles. The zero-order chi connectivity index (χ0) is 13.2. The molecule has 0 radical (unpaired) electrons. The van der Waals surface area contributed by atoms with E-state index in [9.17, 15) is 0 Å². The lowest BCUT2D eigenvalue weighted by Gasteiger charge is -2.05. The smallest absolute Gasteiger partial charge is 0.0894 e. The summed E-state index contributed by atoms with van der Waals surface area (Å²) in [7, 11) is 1.98. The van der Waals surface area contributed by atoms with E-state index in [-0.39, 0.29) is 0 Å². The topological polar surface area (TPSA) is 29.9 Å². The zero-order valence-electron chi connectivity index (χ0n) is 10.6. The number of aryl methyl sites for hydroxylation is 1. The van der Waals surface area contributed by atoms with Gasteiger partial charge in [-0.15, -0.1) is 0 Å². The van der Waals surface area contributed by atoms with Crippen LogP contribution >= 0.6 is 22.6 Å². The van der Waals surface area contributed by atoms with Gasteiger partial charge in [-0.2, -0.15) is 5.10 Å². The third kappa shape index (κ3) is 2.58. The Hall–Kier alpha value is -1.56. The van der Waals surface area contributed by atoms with Crippen molar-refractivity contribution in [2.24, 2.45) is 7.05 Å². The van der Waals surface area contributed by atoms with Crippen molar-refractivity contribution in [3.05, 3.63) is 57.8 Å². The van der Waals surface area contributed by atoms with Crippen LogP contribution in [0.3, 0.4) is 0 Å². The number of anilines is 1. The number of benzene rings is 2. The number of rotatable bonds is 3. The van der Waals surface area contributed by atoms with Gasteiger partial charge in [0.05, 0.1) is 17.8 Å². The predicted octanol–water partition coefficient (Wildman–Crippen LogP) is 3.79. The van der Waals surface area contributed by atoms with E-state index < -0.39 is 0 Å². The number of fused-ring (bicyclic) bond motifs is 1. The van der Waals surface area contributed by atoms with Crippen LogP contribution in [0.25, 0.3) is 10.9 Å². The standard InChI is InChI=1S/C15H14IN3/c1-19-15-8-3-2-7-13(15)14(18-19)10-17-12-6-4-5-11(16)9-12/h2-9,17H,10H2,1H3. The first-order valence-corrected chi connectivity index (χ1v) is 7.22. The first-order valence-electron chi connectivity index (χ1n) is 6.14. The minimum atomic E-state index is 0.738. The molecule has 0 unspecified atom stereocenters. The van der Waals surface area contributed by atoms with Crippen molar-refractivity contribution in [2.45, 2.75) is 6.54 Å². The number of nitrogens with zero attached hydrogens (tertiary/aromatic N) is 2. The van der Waals surface area contributed by atoms with E-state index in [0.29, 0.717) is 0 Å². The van der Waals surface area contributed by atoms with Crippen molar-refractivity contribution in [2.75, 3.05) is 5.32 Å². The summed E-state index contributed by atoms with van der Waals surface area (Å²) in [6.07, 6.45) is 0. The molecule has 0 aliphatic rings. The quantitative estimate of drug-likeness (QED) is 0.718. The molecular formula is C15H14IN3. The summed E-state index contributed by atoms with van der Waals surface area (Å²) < 4.78 is 3.16. The molecule has 0 fully saturated rings. The molecule has 0 spiro atoms. The second kappa shape index (κ2) is 5.21. The maximum absolute atomic E-state index is 4.58. The summed E-state index contributed by atoms with van der Waals surface area (Å²) in [6.45, 7) is 0.738. The van der Waals surface area contributed by atoms with Crippen LogP contribution in [0.5, 0.6) is 0 Å². The molecule has 19 heavy (non-hydrogen) atoms. The third-order valence-corrected chi connectivity index (χ3v) is 3.79. The number of aromatic nitrogens is 2. The van der Waals surface area contributed by atoms with Gasteiger partial charge in [0, 0.05) is 21.7 Å². The Morgan fingerprint density at radius 1 is 1.16 bits per heavy atom. The van der Waals surface area contributed by atoms with E-state index in [1.54, 1.807) is 0 Å². The van der Waals surface area contributed by atoms with Gasteiger partial charge in [0.15, 0.2) is 0 Å². The minimum Gasteiger partial charge on any atom is -0.379 e. The first kappa shape index (κ1) is 12.5. The summed E-state index contributed by atoms with van der Waals surface area (Å²) in [5.41, 5.74) is 3.38. The molecule has 0 saturated heterocycles. The number of halogens is 1. The van der Waals surface area contributed by atoms with Crippen LogP contribution in [0.4, 0.5) is 5.69 Å². The molecule has 0 saturated carbocycles. The van der Waals surface area contributed by atoms with Crippen molar-refractivity contribution >= 4 is 39.2 Å². The van der Waals surface area contributed by atoms with Crippen molar-refractivity contribution < 1.29 is 0 Å². The summed E-state index contributed by atoms with van der Waals surface area (Å²) in [5.74, 6) is 0. The molecule has 3 aromatic rings. The molecule has 1 heterocycles. The summed E-state index contributed by atoms with van der Waals surface area (Å²) >= 11 is 2.32. The molecule has 2 aromatic carbocycles. The fourth-order valence-electron chi connectivity index (χ4n) is 2.20. The lowest BCUT2D eigenvalue weighted by Crippen LogP contribution is -2.01. The van der Waals surface area contributed by atoms with Gasteiger partial charge in [0.1, 0.15) is 0 Å². The van der Waals surface area contributed by atoms with Crippen molar-refractivity contribution in [3.8, 4) is 0 Å². The number of hydrogen-bond acceptors (Lipinski definition) is 2. The Balaban J connectivity index is 1.86. The second-order valence-electron chi connectivity index (χ2n) is 4.45. The van der Waals surface area contributed by atoms with E-state index in [1.807, 2.05) is 17.8 Å². The molecule has 3 rings (SSSR count). The number of para-hydroxylation sites is 1. The fourth-order valence-corrected chi connectivity index (χ4v) is 2.75. The number of nitrogens with one attached hydrogen (secondary N) is 1. The average Bonchev–Trinajstić information content (AvgIpc) is 2.74. The average molecular weight is 363 g/mol. The third-order valence-electron chi connectivity index (χ3n) is 3.12. The van der Waals surface area contributed by atoms with Gasteiger partial charge in [-0.05, 0) is 46.9 Å². The van der Waals surface area contributed by atoms with Crippen molar-refractivity contribution in [1.29, 1.82) is 0 Å². The highest BCUT2D eigenvalue weighted by Gasteiger charge is 2.07. The maximum Gasteiger partial charge on any atom is 0.0894 e. The van der Waals surface area contributed by atoms with Crippen LogP contribution in [-0.2, 0) is 13.6 Å². The van der Waals surface area contributed by atoms with Crippen molar-refractivity contribution in [3.63, 3.8) is 0 Å². The van der Waals surface area contributed by atoms with Gasteiger partial charge in [-0.25, -0.2) is 0 Å². The van der Waals surface area contributed by atoms with Crippen LogP contribution in [0.1, 0.15) is 5.69 Å². The molecule has 4 heteroatoms. The zero-order valence-corrected chi connectivity index (χ0v) is 12.8. The van der Waals surface area contributed by atoms with Crippen LogP contribution in [0, 0.1) is 3.57 Å². The molecule has 0 amide bonds. The number of hydrogen-bond donors (Lipinski definition) is 1. The van der Waals surface area contributed by atoms with Gasteiger partial charge in [0.2, 0.25) is 0 Å². The highest BCUT2D eigenvalue weighted by Crippen LogP contribution is 2.19. The Morgan fingerprint density at radius 2 is 2.00 bits per heavy atom. The molecule has 0 atom stereocenters. The SMILES string of the molecule is Cn1nc(CNc2cccc(I)c2)c2ccccc21. The maximum atomic E-state index is 4.58. The van der Waals surface area contributed by atoms with Gasteiger partial charge in [0.25, 0.3) is 0 Å². The highest BCUT2D eigenvalue weighted by molar-refractivity contribution is 14.1.